The SMILES string of the molecule is O=C(O)c1nc(Cl)c(C(F)F)cc1Cl. The van der Waals surface area contributed by atoms with Crippen molar-refractivity contribution in [3.05, 3.63) is 27.5 Å². The summed E-state index contributed by atoms with van der Waals surface area (Å²) in [5.74, 6) is -1.42. The first-order valence-corrected chi connectivity index (χ1v) is 4.06. The smallest absolute Gasteiger partial charge is 0.356 e. The number of carboxylic acid groups (broad SMARTS) is 1. The molecule has 0 bridgehead atoms. The Morgan fingerprint density at radius 2 is 2.07 bits per heavy atom. The number of carbonyl (C=O) groups is 1. The summed E-state index contributed by atoms with van der Waals surface area (Å²) in [6.07, 6.45) is -2.84. The van der Waals surface area contributed by atoms with Gasteiger partial charge in [-0.05, 0) is 6.07 Å². The van der Waals surface area contributed by atoms with E-state index in [0.717, 1.165) is 6.07 Å². The maximum Gasteiger partial charge on any atom is 0.356 e. The van der Waals surface area contributed by atoms with Gasteiger partial charge in [-0.1, -0.05) is 23.2 Å². The fourth-order valence-corrected chi connectivity index (χ4v) is 1.25. The topological polar surface area (TPSA) is 50.2 Å². The van der Waals surface area contributed by atoms with E-state index in [2.05, 4.69) is 4.98 Å². The van der Waals surface area contributed by atoms with Gasteiger partial charge in [0.2, 0.25) is 0 Å². The Morgan fingerprint density at radius 3 is 2.50 bits per heavy atom. The van der Waals surface area contributed by atoms with Crippen molar-refractivity contribution in [2.45, 2.75) is 6.43 Å². The van der Waals surface area contributed by atoms with E-state index in [-0.39, 0.29) is 5.02 Å². The Hall–Kier alpha value is -0.940. The Morgan fingerprint density at radius 1 is 1.50 bits per heavy atom. The number of aromatic nitrogens is 1. The highest BCUT2D eigenvalue weighted by Crippen LogP contribution is 2.29. The summed E-state index contributed by atoms with van der Waals surface area (Å²) in [5, 5.41) is 7.61. The molecule has 1 aromatic rings. The predicted molar refractivity (Wildman–Crippen MR) is 46.2 cm³/mol. The largest absolute Gasteiger partial charge is 0.476 e. The fourth-order valence-electron chi connectivity index (χ4n) is 0.784. The van der Waals surface area contributed by atoms with Crippen LogP contribution in [-0.2, 0) is 0 Å². The molecule has 7 heteroatoms. The van der Waals surface area contributed by atoms with Crippen LogP contribution in [0.3, 0.4) is 0 Å². The third-order valence-corrected chi connectivity index (χ3v) is 1.99. The van der Waals surface area contributed by atoms with Crippen LogP contribution in [0.4, 0.5) is 8.78 Å². The van der Waals surface area contributed by atoms with E-state index < -0.39 is 28.8 Å². The number of pyridine rings is 1. The van der Waals surface area contributed by atoms with E-state index in [0.29, 0.717) is 0 Å². The van der Waals surface area contributed by atoms with Crippen LogP contribution in [0.1, 0.15) is 22.5 Å². The number of hydrogen-bond acceptors (Lipinski definition) is 2. The third-order valence-electron chi connectivity index (χ3n) is 1.39. The Balaban J connectivity index is 3.31. The molecule has 0 aromatic carbocycles. The van der Waals surface area contributed by atoms with E-state index in [4.69, 9.17) is 28.3 Å². The second kappa shape index (κ2) is 4.06. The number of rotatable bonds is 2. The molecule has 0 atom stereocenters. The molecule has 1 rings (SSSR count). The van der Waals surface area contributed by atoms with Gasteiger partial charge >= 0.3 is 5.97 Å². The number of carboxylic acids is 1. The van der Waals surface area contributed by atoms with Crippen LogP contribution in [0.15, 0.2) is 6.07 Å². The number of alkyl halides is 2. The van der Waals surface area contributed by atoms with Crippen LogP contribution >= 0.6 is 23.2 Å². The summed E-state index contributed by atoms with van der Waals surface area (Å²) in [7, 11) is 0. The summed E-state index contributed by atoms with van der Waals surface area (Å²) in [5.41, 5.74) is -1.12. The van der Waals surface area contributed by atoms with Crippen molar-refractivity contribution in [3.8, 4) is 0 Å². The lowest BCUT2D eigenvalue weighted by Crippen LogP contribution is -2.03. The van der Waals surface area contributed by atoms with E-state index in [1.165, 1.54) is 0 Å². The van der Waals surface area contributed by atoms with Crippen LogP contribution in [-0.4, -0.2) is 16.1 Å². The minimum absolute atomic E-state index is 0.364. The number of aromatic carboxylic acids is 1. The van der Waals surface area contributed by atoms with Crippen LogP contribution < -0.4 is 0 Å². The van der Waals surface area contributed by atoms with Crippen molar-refractivity contribution >= 4 is 29.2 Å². The zero-order valence-corrected chi connectivity index (χ0v) is 7.98. The molecule has 0 aliphatic rings. The normalized spacial score (nSPS) is 10.6. The second-order valence-corrected chi connectivity index (χ2v) is 3.07. The minimum atomic E-state index is -2.84. The number of nitrogens with zero attached hydrogens (tertiary/aromatic N) is 1. The summed E-state index contributed by atoms with van der Waals surface area (Å²) in [4.78, 5) is 13.7. The number of hydrogen-bond donors (Lipinski definition) is 1. The molecule has 14 heavy (non-hydrogen) atoms. The summed E-state index contributed by atoms with van der Waals surface area (Å²) < 4.78 is 24.4. The van der Waals surface area contributed by atoms with Gasteiger partial charge in [-0.15, -0.1) is 0 Å². The molecule has 76 valence electrons. The highest BCUT2D eigenvalue weighted by Gasteiger charge is 2.19. The average Bonchev–Trinajstić information content (AvgIpc) is 2.07. The average molecular weight is 242 g/mol. The lowest BCUT2D eigenvalue weighted by Gasteiger charge is -2.04. The monoisotopic (exact) mass is 241 g/mol. The van der Waals surface area contributed by atoms with Gasteiger partial charge in [0.1, 0.15) is 5.15 Å². The van der Waals surface area contributed by atoms with Crippen molar-refractivity contribution in [1.82, 2.24) is 4.98 Å². The van der Waals surface area contributed by atoms with Gasteiger partial charge in [-0.3, -0.25) is 0 Å². The lowest BCUT2D eigenvalue weighted by molar-refractivity contribution is 0.0690. The van der Waals surface area contributed by atoms with Gasteiger partial charge in [0.15, 0.2) is 5.69 Å². The maximum absolute atomic E-state index is 12.2. The Kier molecular flexibility index (Phi) is 3.23. The van der Waals surface area contributed by atoms with Crippen LogP contribution in [0.25, 0.3) is 0 Å². The zero-order valence-electron chi connectivity index (χ0n) is 6.47. The van der Waals surface area contributed by atoms with Gasteiger partial charge in [0.05, 0.1) is 10.6 Å². The lowest BCUT2D eigenvalue weighted by atomic mass is 10.2. The molecular formula is C7H3Cl2F2NO2. The molecule has 0 radical (unpaired) electrons. The first-order chi connectivity index (χ1) is 6.43. The summed E-state index contributed by atoms with van der Waals surface area (Å²) >= 11 is 10.7. The molecule has 0 aliphatic heterocycles. The van der Waals surface area contributed by atoms with Gasteiger partial charge in [-0.25, -0.2) is 18.6 Å². The standard InChI is InChI=1S/C7H3Cl2F2NO2/c8-3-1-2(6(10)11)5(9)12-4(3)7(13)14/h1,6H,(H,13,14). The molecule has 0 aliphatic carbocycles. The van der Waals surface area contributed by atoms with E-state index in [1.54, 1.807) is 0 Å². The highest BCUT2D eigenvalue weighted by molar-refractivity contribution is 6.34. The van der Waals surface area contributed by atoms with Crippen molar-refractivity contribution in [2.24, 2.45) is 0 Å². The Bertz CT molecular complexity index is 384. The minimum Gasteiger partial charge on any atom is -0.476 e. The second-order valence-electron chi connectivity index (χ2n) is 2.30. The van der Waals surface area contributed by atoms with E-state index >= 15 is 0 Å². The molecule has 1 heterocycles. The van der Waals surface area contributed by atoms with E-state index in [9.17, 15) is 13.6 Å². The van der Waals surface area contributed by atoms with E-state index in [1.807, 2.05) is 0 Å². The summed E-state index contributed by atoms with van der Waals surface area (Å²) in [6.45, 7) is 0. The van der Waals surface area contributed by atoms with Gasteiger partial charge in [-0.2, -0.15) is 0 Å². The molecule has 0 saturated carbocycles. The molecular weight excluding hydrogens is 239 g/mol. The fraction of sp³-hybridized carbons (Fsp3) is 0.143. The molecule has 0 unspecified atom stereocenters. The summed E-state index contributed by atoms with van der Waals surface area (Å²) in [6, 6.07) is 0.797. The third kappa shape index (κ3) is 2.10. The van der Waals surface area contributed by atoms with Crippen molar-refractivity contribution in [3.63, 3.8) is 0 Å². The zero-order chi connectivity index (χ0) is 10.9. The molecule has 0 amide bonds. The molecule has 1 N–H and O–H groups in total. The molecule has 1 aromatic heterocycles. The first kappa shape index (κ1) is 11.1. The molecule has 0 fully saturated rings. The van der Waals surface area contributed by atoms with Crippen molar-refractivity contribution in [1.29, 1.82) is 0 Å². The molecule has 0 saturated heterocycles. The van der Waals surface area contributed by atoms with Gasteiger partial charge in [0, 0.05) is 0 Å². The quantitative estimate of drug-likeness (QED) is 0.810. The van der Waals surface area contributed by atoms with Gasteiger partial charge in [0.25, 0.3) is 6.43 Å². The van der Waals surface area contributed by atoms with Crippen LogP contribution in [0, 0.1) is 0 Å². The van der Waals surface area contributed by atoms with Crippen LogP contribution in [0.2, 0.25) is 10.2 Å². The van der Waals surface area contributed by atoms with Crippen molar-refractivity contribution in [2.75, 3.05) is 0 Å². The predicted octanol–water partition coefficient (Wildman–Crippen LogP) is 3.02. The first-order valence-electron chi connectivity index (χ1n) is 3.31. The molecule has 0 spiro atoms. The Labute approximate surface area is 87.3 Å². The number of halogens is 4. The van der Waals surface area contributed by atoms with Crippen LogP contribution in [0.5, 0.6) is 0 Å². The maximum atomic E-state index is 12.2. The van der Waals surface area contributed by atoms with Gasteiger partial charge < -0.3 is 5.11 Å². The molecule has 3 nitrogen and oxygen atoms in total. The highest BCUT2D eigenvalue weighted by atomic mass is 35.5. The van der Waals surface area contributed by atoms with Crippen molar-refractivity contribution < 1.29 is 18.7 Å².